The van der Waals surface area contributed by atoms with E-state index in [0.29, 0.717) is 0 Å². The number of aryl methyl sites for hydroxylation is 1. The summed E-state index contributed by atoms with van der Waals surface area (Å²) >= 11 is 0. The van der Waals surface area contributed by atoms with Crippen LogP contribution in [-0.2, 0) is 7.05 Å². The van der Waals surface area contributed by atoms with Crippen molar-refractivity contribution >= 4 is 0 Å². The quantitative estimate of drug-likeness (QED) is 0.901. The zero-order valence-electron chi connectivity index (χ0n) is 12.3. The fourth-order valence-corrected chi connectivity index (χ4v) is 2.97. The Morgan fingerprint density at radius 2 is 2.00 bits per heavy atom. The molecule has 0 aliphatic heterocycles. The number of nitrogens with one attached hydrogen (secondary N) is 1. The summed E-state index contributed by atoms with van der Waals surface area (Å²) in [6.07, 6.45) is 5.97. The van der Waals surface area contributed by atoms with Gasteiger partial charge in [-0.3, -0.25) is 4.68 Å². The van der Waals surface area contributed by atoms with E-state index in [2.05, 4.69) is 47.7 Å². The molecule has 1 aromatic carbocycles. The molecule has 0 amide bonds. The number of nitrogens with zero attached hydrogens (tertiary/aromatic N) is 2. The predicted molar refractivity (Wildman–Crippen MR) is 81.8 cm³/mol. The molecule has 106 valence electrons. The molecule has 1 N–H and O–H groups in total. The van der Waals surface area contributed by atoms with Crippen LogP contribution in [0.3, 0.4) is 0 Å². The average molecular weight is 269 g/mol. The first kappa shape index (κ1) is 13.4. The van der Waals surface area contributed by atoms with Gasteiger partial charge in [0.2, 0.25) is 0 Å². The van der Waals surface area contributed by atoms with Gasteiger partial charge < -0.3 is 5.32 Å². The predicted octanol–water partition coefficient (Wildman–Crippen LogP) is 3.39. The average Bonchev–Trinajstić information content (AvgIpc) is 2.81. The van der Waals surface area contributed by atoms with Crippen LogP contribution < -0.4 is 5.32 Å². The number of benzene rings is 1. The standard InChI is InChI=1S/C17H23N3/c1-3-18-17(16-11-12-19-20(16)2)15-9-7-14(8-10-15)13-5-4-6-13/h7-13,17-18H,3-6H2,1-2H3. The zero-order chi connectivity index (χ0) is 13.9. The number of aromatic nitrogens is 2. The summed E-state index contributed by atoms with van der Waals surface area (Å²) in [5.41, 5.74) is 4.03. The first-order valence-electron chi connectivity index (χ1n) is 7.60. The molecule has 3 rings (SSSR count). The number of hydrogen-bond donors (Lipinski definition) is 1. The lowest BCUT2D eigenvalue weighted by Gasteiger charge is -2.26. The van der Waals surface area contributed by atoms with Gasteiger partial charge in [-0.05, 0) is 42.5 Å². The largest absolute Gasteiger partial charge is 0.305 e. The third kappa shape index (κ3) is 2.50. The van der Waals surface area contributed by atoms with Crippen molar-refractivity contribution in [2.75, 3.05) is 6.54 Å². The molecular weight excluding hydrogens is 246 g/mol. The molecule has 1 aliphatic carbocycles. The van der Waals surface area contributed by atoms with E-state index in [9.17, 15) is 0 Å². The molecule has 1 unspecified atom stereocenters. The number of hydrogen-bond acceptors (Lipinski definition) is 2. The third-order valence-electron chi connectivity index (χ3n) is 4.41. The highest BCUT2D eigenvalue weighted by molar-refractivity contribution is 5.32. The van der Waals surface area contributed by atoms with Gasteiger partial charge in [-0.25, -0.2) is 0 Å². The second-order valence-electron chi connectivity index (χ2n) is 5.66. The molecule has 0 radical (unpaired) electrons. The highest BCUT2D eigenvalue weighted by atomic mass is 15.3. The van der Waals surface area contributed by atoms with E-state index in [1.807, 2.05) is 17.9 Å². The van der Waals surface area contributed by atoms with Crippen LogP contribution in [0.15, 0.2) is 36.5 Å². The van der Waals surface area contributed by atoms with Crippen molar-refractivity contribution in [2.45, 2.75) is 38.1 Å². The topological polar surface area (TPSA) is 29.9 Å². The van der Waals surface area contributed by atoms with Gasteiger partial charge in [-0.2, -0.15) is 5.10 Å². The Hall–Kier alpha value is -1.61. The van der Waals surface area contributed by atoms with Crippen LogP contribution >= 0.6 is 0 Å². The van der Waals surface area contributed by atoms with E-state index in [1.54, 1.807) is 0 Å². The minimum Gasteiger partial charge on any atom is -0.305 e. The van der Waals surface area contributed by atoms with Crippen molar-refractivity contribution in [2.24, 2.45) is 7.05 Å². The van der Waals surface area contributed by atoms with Gasteiger partial charge in [-0.15, -0.1) is 0 Å². The fourth-order valence-electron chi connectivity index (χ4n) is 2.97. The highest BCUT2D eigenvalue weighted by Gasteiger charge is 2.20. The van der Waals surface area contributed by atoms with E-state index in [4.69, 9.17) is 0 Å². The summed E-state index contributed by atoms with van der Waals surface area (Å²) < 4.78 is 1.95. The maximum atomic E-state index is 4.29. The Morgan fingerprint density at radius 1 is 1.25 bits per heavy atom. The molecule has 3 heteroatoms. The van der Waals surface area contributed by atoms with Crippen molar-refractivity contribution in [3.63, 3.8) is 0 Å². The Morgan fingerprint density at radius 3 is 2.50 bits per heavy atom. The molecule has 2 aromatic rings. The van der Waals surface area contributed by atoms with Gasteiger partial charge in [0.15, 0.2) is 0 Å². The Balaban J connectivity index is 1.85. The fraction of sp³-hybridized carbons (Fsp3) is 0.471. The minimum atomic E-state index is 0.225. The summed E-state index contributed by atoms with van der Waals surface area (Å²) in [5, 5.41) is 7.85. The maximum absolute atomic E-state index is 4.29. The molecule has 1 aromatic heterocycles. The molecule has 0 spiro atoms. The van der Waals surface area contributed by atoms with Gasteiger partial charge >= 0.3 is 0 Å². The summed E-state index contributed by atoms with van der Waals surface area (Å²) in [7, 11) is 2.00. The molecule has 20 heavy (non-hydrogen) atoms. The SMILES string of the molecule is CCNC(c1ccc(C2CCC2)cc1)c1ccnn1C. The van der Waals surface area contributed by atoms with Gasteiger partial charge in [0.05, 0.1) is 11.7 Å². The Labute approximate surface area is 121 Å². The lowest BCUT2D eigenvalue weighted by atomic mass is 9.80. The lowest BCUT2D eigenvalue weighted by molar-refractivity contribution is 0.419. The molecular formula is C17H23N3. The van der Waals surface area contributed by atoms with Gasteiger partial charge in [-0.1, -0.05) is 37.6 Å². The van der Waals surface area contributed by atoms with Crippen molar-refractivity contribution in [3.05, 3.63) is 53.3 Å². The summed E-state index contributed by atoms with van der Waals surface area (Å²) in [5.74, 6) is 0.804. The van der Waals surface area contributed by atoms with Gasteiger partial charge in [0.25, 0.3) is 0 Å². The van der Waals surface area contributed by atoms with E-state index in [-0.39, 0.29) is 6.04 Å². The van der Waals surface area contributed by atoms with Crippen molar-refractivity contribution < 1.29 is 0 Å². The van der Waals surface area contributed by atoms with E-state index in [1.165, 1.54) is 36.1 Å². The van der Waals surface area contributed by atoms with Crippen LogP contribution in [0.2, 0.25) is 0 Å². The van der Waals surface area contributed by atoms with E-state index >= 15 is 0 Å². The van der Waals surface area contributed by atoms with Gasteiger partial charge in [0.1, 0.15) is 0 Å². The molecule has 1 atom stereocenters. The maximum Gasteiger partial charge on any atom is 0.0748 e. The first-order valence-corrected chi connectivity index (χ1v) is 7.60. The van der Waals surface area contributed by atoms with Crippen LogP contribution in [0, 0.1) is 0 Å². The smallest absolute Gasteiger partial charge is 0.0748 e. The summed E-state index contributed by atoms with van der Waals surface area (Å²) in [6, 6.07) is 11.5. The van der Waals surface area contributed by atoms with E-state index in [0.717, 1.165) is 12.5 Å². The second-order valence-corrected chi connectivity index (χ2v) is 5.66. The Bertz CT molecular complexity index is 552. The minimum absolute atomic E-state index is 0.225. The third-order valence-corrected chi connectivity index (χ3v) is 4.41. The summed E-state index contributed by atoms with van der Waals surface area (Å²) in [4.78, 5) is 0. The van der Waals surface area contributed by atoms with Crippen LogP contribution in [0.1, 0.15) is 55.0 Å². The number of rotatable bonds is 5. The highest BCUT2D eigenvalue weighted by Crippen LogP contribution is 2.36. The van der Waals surface area contributed by atoms with Crippen LogP contribution in [0.25, 0.3) is 0 Å². The van der Waals surface area contributed by atoms with Crippen LogP contribution in [0.4, 0.5) is 0 Å². The summed E-state index contributed by atoms with van der Waals surface area (Å²) in [6.45, 7) is 3.09. The molecule has 3 nitrogen and oxygen atoms in total. The van der Waals surface area contributed by atoms with Crippen molar-refractivity contribution in [3.8, 4) is 0 Å². The molecule has 0 saturated heterocycles. The van der Waals surface area contributed by atoms with Gasteiger partial charge in [0, 0.05) is 13.2 Å². The molecule has 1 aliphatic rings. The van der Waals surface area contributed by atoms with Crippen molar-refractivity contribution in [1.82, 2.24) is 15.1 Å². The van der Waals surface area contributed by atoms with Crippen LogP contribution in [-0.4, -0.2) is 16.3 Å². The second kappa shape index (κ2) is 5.80. The van der Waals surface area contributed by atoms with Crippen LogP contribution in [0.5, 0.6) is 0 Å². The monoisotopic (exact) mass is 269 g/mol. The first-order chi connectivity index (χ1) is 9.79. The van der Waals surface area contributed by atoms with Crippen molar-refractivity contribution in [1.29, 1.82) is 0 Å². The Kier molecular flexibility index (Phi) is 3.88. The molecule has 1 fully saturated rings. The normalized spacial score (nSPS) is 16.9. The molecule has 0 bridgehead atoms. The zero-order valence-corrected chi connectivity index (χ0v) is 12.3. The lowest BCUT2D eigenvalue weighted by Crippen LogP contribution is -2.24. The van der Waals surface area contributed by atoms with E-state index < -0.39 is 0 Å². The molecule has 1 heterocycles. The molecule has 1 saturated carbocycles.